The minimum absolute atomic E-state index is 0.664. The lowest BCUT2D eigenvalue weighted by molar-refractivity contribution is 0.875. The molecule has 1 aromatic heterocycles. The lowest BCUT2D eigenvalue weighted by Crippen LogP contribution is -2.04. The third kappa shape index (κ3) is 2.64. The van der Waals surface area contributed by atoms with Crippen molar-refractivity contribution in [2.75, 3.05) is 6.54 Å². The fourth-order valence-corrected chi connectivity index (χ4v) is 2.43. The van der Waals surface area contributed by atoms with Crippen molar-refractivity contribution in [2.45, 2.75) is 6.42 Å². The molecule has 0 spiro atoms. The van der Waals surface area contributed by atoms with Crippen molar-refractivity contribution in [3.05, 3.63) is 44.2 Å². The van der Waals surface area contributed by atoms with Crippen molar-refractivity contribution >= 4 is 38.5 Å². The topological polar surface area (TPSA) is 43.8 Å². The van der Waals surface area contributed by atoms with Gasteiger partial charge < -0.3 is 5.73 Å². The number of rotatable bonds is 3. The largest absolute Gasteiger partial charge is 0.330 e. The Hall–Kier alpha value is -0.400. The van der Waals surface area contributed by atoms with Crippen LogP contribution >= 0.6 is 38.5 Å². The third-order valence-electron chi connectivity index (χ3n) is 2.27. The van der Waals surface area contributed by atoms with Crippen LogP contribution < -0.4 is 5.73 Å². The van der Waals surface area contributed by atoms with Crippen molar-refractivity contribution in [2.24, 2.45) is 5.73 Å². The summed E-state index contributed by atoms with van der Waals surface area (Å²) in [6.07, 6.45) is 4.71. The Bertz CT molecular complexity index is 496. The van der Waals surface area contributed by atoms with Crippen molar-refractivity contribution in [3.63, 3.8) is 0 Å². The molecule has 3 nitrogen and oxygen atoms in total. The van der Waals surface area contributed by atoms with Crippen LogP contribution in [0, 0.1) is 3.57 Å². The minimum atomic E-state index is 0.664. The maximum Gasteiger partial charge on any atom is 0.0657 e. The molecule has 1 aromatic carbocycles. The summed E-state index contributed by atoms with van der Waals surface area (Å²) in [7, 11) is 0. The van der Waals surface area contributed by atoms with Gasteiger partial charge in [-0.1, -0.05) is 22.0 Å². The van der Waals surface area contributed by atoms with E-state index in [1.807, 2.05) is 17.1 Å². The van der Waals surface area contributed by atoms with Gasteiger partial charge in [-0.3, -0.25) is 0 Å². The second kappa shape index (κ2) is 5.29. The number of aromatic nitrogens is 2. The van der Waals surface area contributed by atoms with Crippen LogP contribution in [0.5, 0.6) is 0 Å². The predicted octanol–water partition coefficient (Wildman–Crippen LogP) is 2.74. The SMILES string of the molecule is NCCc1ccc(-n2cc(I)cn2)cc1Br. The second-order valence-corrected chi connectivity index (χ2v) is 5.52. The van der Waals surface area contributed by atoms with E-state index in [0.29, 0.717) is 6.54 Å². The number of hydrogen-bond donors (Lipinski definition) is 1. The monoisotopic (exact) mass is 391 g/mol. The van der Waals surface area contributed by atoms with Crippen molar-refractivity contribution in [1.82, 2.24) is 9.78 Å². The highest BCUT2D eigenvalue weighted by Gasteiger charge is 2.03. The van der Waals surface area contributed by atoms with Crippen molar-refractivity contribution in [3.8, 4) is 5.69 Å². The summed E-state index contributed by atoms with van der Waals surface area (Å²) < 4.78 is 4.07. The number of nitrogens with two attached hydrogens (primary N) is 1. The smallest absolute Gasteiger partial charge is 0.0657 e. The molecule has 0 unspecified atom stereocenters. The molecule has 2 rings (SSSR count). The molecule has 0 aliphatic rings. The van der Waals surface area contributed by atoms with Crippen LogP contribution in [0.15, 0.2) is 35.1 Å². The Morgan fingerprint density at radius 3 is 2.81 bits per heavy atom. The standard InChI is InChI=1S/C11H11BrIN3/c12-11-5-10(2-1-8(11)3-4-14)16-7-9(13)6-15-16/h1-2,5-7H,3-4,14H2. The highest BCUT2D eigenvalue weighted by Crippen LogP contribution is 2.21. The van der Waals surface area contributed by atoms with E-state index in [4.69, 9.17) is 5.73 Å². The Morgan fingerprint density at radius 1 is 1.44 bits per heavy atom. The molecule has 0 saturated carbocycles. The first kappa shape index (κ1) is 12.1. The first-order chi connectivity index (χ1) is 7.70. The van der Waals surface area contributed by atoms with Gasteiger partial charge in [0.1, 0.15) is 0 Å². The maximum absolute atomic E-state index is 5.54. The molecule has 0 fully saturated rings. The Labute approximate surface area is 116 Å². The number of benzene rings is 1. The van der Waals surface area contributed by atoms with Gasteiger partial charge in [0.05, 0.1) is 15.5 Å². The molecular formula is C11H11BrIN3. The Kier molecular flexibility index (Phi) is 3.99. The van der Waals surface area contributed by atoms with E-state index in [9.17, 15) is 0 Å². The molecular weight excluding hydrogens is 381 g/mol. The van der Waals surface area contributed by atoms with E-state index < -0.39 is 0 Å². The molecule has 16 heavy (non-hydrogen) atoms. The van der Waals surface area contributed by atoms with Crippen LogP contribution in [0.1, 0.15) is 5.56 Å². The average Bonchev–Trinajstić information content (AvgIpc) is 2.68. The minimum Gasteiger partial charge on any atom is -0.330 e. The second-order valence-electron chi connectivity index (χ2n) is 3.42. The fourth-order valence-electron chi connectivity index (χ4n) is 1.48. The van der Waals surface area contributed by atoms with Gasteiger partial charge in [-0.05, 0) is 53.3 Å². The van der Waals surface area contributed by atoms with Crippen molar-refractivity contribution in [1.29, 1.82) is 0 Å². The predicted molar refractivity (Wildman–Crippen MR) is 76.7 cm³/mol. The first-order valence-corrected chi connectivity index (χ1v) is 6.77. The number of nitrogens with zero attached hydrogens (tertiary/aromatic N) is 2. The summed E-state index contributed by atoms with van der Waals surface area (Å²) >= 11 is 5.80. The van der Waals surface area contributed by atoms with E-state index in [1.165, 1.54) is 5.56 Å². The molecule has 0 aliphatic heterocycles. The summed E-state index contributed by atoms with van der Waals surface area (Å²) in [6.45, 7) is 0.664. The van der Waals surface area contributed by atoms with Gasteiger partial charge >= 0.3 is 0 Å². The molecule has 1 heterocycles. The Balaban J connectivity index is 2.34. The van der Waals surface area contributed by atoms with Gasteiger partial charge in [0.25, 0.3) is 0 Å². The number of halogens is 2. The molecule has 0 radical (unpaired) electrons. The van der Waals surface area contributed by atoms with Crippen LogP contribution in [0.3, 0.4) is 0 Å². The lowest BCUT2D eigenvalue weighted by atomic mass is 10.1. The molecule has 0 aliphatic carbocycles. The van der Waals surface area contributed by atoms with Gasteiger partial charge in [-0.15, -0.1) is 0 Å². The van der Waals surface area contributed by atoms with Crippen LogP contribution in [0.2, 0.25) is 0 Å². The normalized spacial score (nSPS) is 10.7. The lowest BCUT2D eigenvalue weighted by Gasteiger charge is -2.06. The highest BCUT2D eigenvalue weighted by molar-refractivity contribution is 14.1. The van der Waals surface area contributed by atoms with Gasteiger partial charge in [-0.25, -0.2) is 4.68 Å². The van der Waals surface area contributed by atoms with E-state index in [0.717, 1.165) is 20.2 Å². The zero-order valence-corrected chi connectivity index (χ0v) is 12.3. The summed E-state index contributed by atoms with van der Waals surface area (Å²) in [5.41, 5.74) is 7.82. The van der Waals surface area contributed by atoms with E-state index in [1.54, 1.807) is 0 Å². The maximum atomic E-state index is 5.54. The Morgan fingerprint density at radius 2 is 2.25 bits per heavy atom. The van der Waals surface area contributed by atoms with Gasteiger partial charge in [0.15, 0.2) is 0 Å². The summed E-state index contributed by atoms with van der Waals surface area (Å²) in [6, 6.07) is 6.20. The molecule has 0 bridgehead atoms. The quantitative estimate of drug-likeness (QED) is 0.817. The fraction of sp³-hybridized carbons (Fsp3) is 0.182. The summed E-state index contributed by atoms with van der Waals surface area (Å²) in [5, 5.41) is 4.27. The first-order valence-electron chi connectivity index (χ1n) is 4.90. The van der Waals surface area contributed by atoms with Crippen LogP contribution in [-0.2, 0) is 6.42 Å². The third-order valence-corrected chi connectivity index (χ3v) is 3.56. The average molecular weight is 392 g/mol. The van der Waals surface area contributed by atoms with Gasteiger partial charge in [-0.2, -0.15) is 5.10 Å². The van der Waals surface area contributed by atoms with Gasteiger partial charge in [0.2, 0.25) is 0 Å². The van der Waals surface area contributed by atoms with Crippen LogP contribution in [-0.4, -0.2) is 16.3 Å². The number of hydrogen-bond acceptors (Lipinski definition) is 2. The van der Waals surface area contributed by atoms with Gasteiger partial charge in [0, 0.05) is 10.7 Å². The summed E-state index contributed by atoms with van der Waals surface area (Å²) in [5.74, 6) is 0. The zero-order chi connectivity index (χ0) is 11.5. The molecule has 84 valence electrons. The molecule has 0 saturated heterocycles. The molecule has 2 aromatic rings. The summed E-state index contributed by atoms with van der Waals surface area (Å²) in [4.78, 5) is 0. The van der Waals surface area contributed by atoms with E-state index in [2.05, 4.69) is 61.8 Å². The van der Waals surface area contributed by atoms with E-state index in [-0.39, 0.29) is 0 Å². The van der Waals surface area contributed by atoms with Crippen LogP contribution in [0.25, 0.3) is 5.69 Å². The van der Waals surface area contributed by atoms with E-state index >= 15 is 0 Å². The highest BCUT2D eigenvalue weighted by atomic mass is 127. The van der Waals surface area contributed by atoms with Crippen LogP contribution in [0.4, 0.5) is 0 Å². The molecule has 5 heteroatoms. The van der Waals surface area contributed by atoms with Crippen molar-refractivity contribution < 1.29 is 0 Å². The molecule has 0 atom stereocenters. The molecule has 0 amide bonds. The zero-order valence-electron chi connectivity index (χ0n) is 8.53. The molecule has 2 N–H and O–H groups in total.